The average Bonchev–Trinajstić information content (AvgIpc) is 2.75. The molecule has 0 spiro atoms. The summed E-state index contributed by atoms with van der Waals surface area (Å²) in [5, 5.41) is 4.23. The van der Waals surface area contributed by atoms with Gasteiger partial charge in [0.15, 0.2) is 5.69 Å². The number of nitrogen functional groups attached to an aromatic ring is 1. The van der Waals surface area contributed by atoms with Gasteiger partial charge in [0.05, 0.1) is 11.4 Å². The zero-order valence-electron chi connectivity index (χ0n) is 12.9. The molecule has 0 fully saturated rings. The van der Waals surface area contributed by atoms with E-state index in [2.05, 4.69) is 5.10 Å². The third-order valence-corrected chi connectivity index (χ3v) is 3.53. The zero-order valence-corrected chi connectivity index (χ0v) is 12.9. The van der Waals surface area contributed by atoms with E-state index in [0.717, 1.165) is 16.7 Å². The molecule has 0 aliphatic heterocycles. The van der Waals surface area contributed by atoms with E-state index < -0.39 is 5.97 Å². The first-order valence-electron chi connectivity index (χ1n) is 7.00. The fourth-order valence-corrected chi connectivity index (χ4v) is 2.21. The molecule has 5 nitrogen and oxygen atoms in total. The van der Waals surface area contributed by atoms with Gasteiger partial charge < -0.3 is 10.5 Å². The molecule has 0 amide bonds. The number of carbonyl (C=O) groups excluding carboxylic acids is 1. The van der Waals surface area contributed by atoms with Gasteiger partial charge in [-0.3, -0.25) is 4.68 Å². The van der Waals surface area contributed by atoms with Crippen LogP contribution in [0, 0.1) is 20.8 Å². The Morgan fingerprint density at radius 1 is 1.33 bits per heavy atom. The Kier molecular flexibility index (Phi) is 4.31. The average molecular weight is 287 g/mol. The minimum Gasteiger partial charge on any atom is -0.456 e. The molecule has 0 aliphatic rings. The number of rotatable bonds is 4. The number of aromatic nitrogens is 2. The van der Waals surface area contributed by atoms with E-state index in [-0.39, 0.29) is 6.61 Å². The molecule has 0 unspecified atom stereocenters. The summed E-state index contributed by atoms with van der Waals surface area (Å²) in [5.41, 5.74) is 10.5. The normalized spacial score (nSPS) is 10.7. The van der Waals surface area contributed by atoms with E-state index >= 15 is 0 Å². The fraction of sp³-hybridized carbons (Fsp3) is 0.375. The van der Waals surface area contributed by atoms with Crippen LogP contribution >= 0.6 is 0 Å². The second kappa shape index (κ2) is 5.99. The lowest BCUT2D eigenvalue weighted by atomic mass is 10.1. The first-order chi connectivity index (χ1) is 9.93. The third kappa shape index (κ3) is 3.07. The molecule has 0 radical (unpaired) electrons. The van der Waals surface area contributed by atoms with Crippen molar-refractivity contribution in [3.8, 4) is 0 Å². The monoisotopic (exact) mass is 287 g/mol. The number of carbonyl (C=O) groups is 1. The highest BCUT2D eigenvalue weighted by Gasteiger charge is 2.20. The van der Waals surface area contributed by atoms with Gasteiger partial charge in [0, 0.05) is 6.54 Å². The van der Waals surface area contributed by atoms with Crippen LogP contribution in [0.4, 0.5) is 5.69 Å². The largest absolute Gasteiger partial charge is 0.456 e. The predicted molar refractivity (Wildman–Crippen MR) is 82.1 cm³/mol. The standard InChI is InChI=1S/C16H21N3O2/c1-5-19-15(14(17)12(4)18-19)16(20)21-9-13-8-10(2)6-7-11(13)3/h6-8H,5,9,17H2,1-4H3. The van der Waals surface area contributed by atoms with Crippen LogP contribution in [0.15, 0.2) is 18.2 Å². The molecule has 21 heavy (non-hydrogen) atoms. The minimum absolute atomic E-state index is 0.236. The van der Waals surface area contributed by atoms with Crippen molar-refractivity contribution >= 4 is 11.7 Å². The first-order valence-corrected chi connectivity index (χ1v) is 7.00. The van der Waals surface area contributed by atoms with Crippen molar-refractivity contribution in [3.05, 3.63) is 46.3 Å². The molecule has 2 rings (SSSR count). The maximum Gasteiger partial charge on any atom is 0.359 e. The van der Waals surface area contributed by atoms with E-state index in [1.807, 2.05) is 39.0 Å². The summed E-state index contributed by atoms with van der Waals surface area (Å²) in [5.74, 6) is -0.434. The fourth-order valence-electron chi connectivity index (χ4n) is 2.21. The maximum atomic E-state index is 12.3. The Balaban J connectivity index is 2.17. The van der Waals surface area contributed by atoms with Crippen molar-refractivity contribution in [2.45, 2.75) is 40.8 Å². The predicted octanol–water partition coefficient (Wildman–Crippen LogP) is 2.77. The number of hydrogen-bond acceptors (Lipinski definition) is 4. The first kappa shape index (κ1) is 15.1. The molecular weight excluding hydrogens is 266 g/mol. The summed E-state index contributed by atoms with van der Waals surface area (Å²) in [4.78, 5) is 12.3. The van der Waals surface area contributed by atoms with Crippen LogP contribution < -0.4 is 5.73 Å². The molecule has 1 heterocycles. The van der Waals surface area contributed by atoms with Crippen LogP contribution in [0.25, 0.3) is 0 Å². The molecule has 0 aliphatic carbocycles. The Morgan fingerprint density at radius 3 is 2.71 bits per heavy atom. The molecule has 0 bridgehead atoms. The van der Waals surface area contributed by atoms with E-state index in [1.165, 1.54) is 0 Å². The van der Waals surface area contributed by atoms with Crippen molar-refractivity contribution in [1.82, 2.24) is 9.78 Å². The van der Waals surface area contributed by atoms with Gasteiger partial charge in [0.2, 0.25) is 0 Å². The number of ether oxygens (including phenoxy) is 1. The number of benzene rings is 1. The van der Waals surface area contributed by atoms with Crippen molar-refractivity contribution in [2.75, 3.05) is 5.73 Å². The molecule has 2 N–H and O–H groups in total. The molecule has 0 saturated carbocycles. The number of hydrogen-bond donors (Lipinski definition) is 1. The number of esters is 1. The topological polar surface area (TPSA) is 70.1 Å². The van der Waals surface area contributed by atoms with Gasteiger partial charge in [-0.2, -0.15) is 5.10 Å². The second-order valence-electron chi connectivity index (χ2n) is 5.17. The summed E-state index contributed by atoms with van der Waals surface area (Å²) < 4.78 is 6.99. The van der Waals surface area contributed by atoms with E-state index in [1.54, 1.807) is 11.6 Å². The highest BCUT2D eigenvalue weighted by Crippen LogP contribution is 2.19. The van der Waals surface area contributed by atoms with Crippen LogP contribution in [0.2, 0.25) is 0 Å². The van der Waals surface area contributed by atoms with Gasteiger partial charge in [0.1, 0.15) is 6.61 Å². The van der Waals surface area contributed by atoms with E-state index in [4.69, 9.17) is 10.5 Å². The van der Waals surface area contributed by atoms with Gasteiger partial charge in [0.25, 0.3) is 0 Å². The van der Waals surface area contributed by atoms with Gasteiger partial charge in [-0.15, -0.1) is 0 Å². The van der Waals surface area contributed by atoms with Crippen LogP contribution in [0.1, 0.15) is 39.8 Å². The van der Waals surface area contributed by atoms with Gasteiger partial charge >= 0.3 is 5.97 Å². The van der Waals surface area contributed by atoms with Gasteiger partial charge in [-0.1, -0.05) is 23.8 Å². The smallest absolute Gasteiger partial charge is 0.359 e. The Morgan fingerprint density at radius 2 is 2.05 bits per heavy atom. The van der Waals surface area contributed by atoms with E-state index in [0.29, 0.717) is 23.6 Å². The molecule has 0 atom stereocenters. The van der Waals surface area contributed by atoms with Crippen LogP contribution in [-0.4, -0.2) is 15.7 Å². The maximum absolute atomic E-state index is 12.3. The molecule has 1 aromatic heterocycles. The van der Waals surface area contributed by atoms with Gasteiger partial charge in [-0.25, -0.2) is 4.79 Å². The van der Waals surface area contributed by atoms with Crippen molar-refractivity contribution in [3.63, 3.8) is 0 Å². The number of nitrogens with zero attached hydrogens (tertiary/aromatic N) is 2. The summed E-state index contributed by atoms with van der Waals surface area (Å²) >= 11 is 0. The number of nitrogens with two attached hydrogens (primary N) is 1. The quantitative estimate of drug-likeness (QED) is 0.878. The molecule has 2 aromatic rings. The molecule has 0 saturated heterocycles. The molecule has 112 valence electrons. The Labute approximate surface area is 124 Å². The van der Waals surface area contributed by atoms with Crippen LogP contribution in [-0.2, 0) is 17.9 Å². The summed E-state index contributed by atoms with van der Waals surface area (Å²) in [6, 6.07) is 6.08. The lowest BCUT2D eigenvalue weighted by Gasteiger charge is -2.10. The second-order valence-corrected chi connectivity index (χ2v) is 5.17. The van der Waals surface area contributed by atoms with Gasteiger partial charge in [-0.05, 0) is 38.8 Å². The lowest BCUT2D eigenvalue weighted by molar-refractivity contribution is 0.0459. The molecular formula is C16H21N3O2. The highest BCUT2D eigenvalue weighted by molar-refractivity contribution is 5.93. The third-order valence-electron chi connectivity index (χ3n) is 3.53. The summed E-state index contributed by atoms with van der Waals surface area (Å²) in [7, 11) is 0. The lowest BCUT2D eigenvalue weighted by Crippen LogP contribution is -2.14. The summed E-state index contributed by atoms with van der Waals surface area (Å²) in [6.07, 6.45) is 0. The molecule has 1 aromatic carbocycles. The van der Waals surface area contributed by atoms with Crippen molar-refractivity contribution in [1.29, 1.82) is 0 Å². The van der Waals surface area contributed by atoms with E-state index in [9.17, 15) is 4.79 Å². The number of aryl methyl sites for hydroxylation is 4. The van der Waals surface area contributed by atoms with Crippen LogP contribution in [0.3, 0.4) is 0 Å². The Hall–Kier alpha value is -2.30. The summed E-state index contributed by atoms with van der Waals surface area (Å²) in [6.45, 7) is 8.51. The van der Waals surface area contributed by atoms with Crippen molar-refractivity contribution in [2.24, 2.45) is 0 Å². The zero-order chi connectivity index (χ0) is 15.6. The van der Waals surface area contributed by atoms with Crippen molar-refractivity contribution < 1.29 is 9.53 Å². The Bertz CT molecular complexity index is 674. The minimum atomic E-state index is -0.434. The highest BCUT2D eigenvalue weighted by atomic mass is 16.5. The SMILES string of the molecule is CCn1nc(C)c(N)c1C(=O)OCc1cc(C)ccc1C. The van der Waals surface area contributed by atoms with Crippen LogP contribution in [0.5, 0.6) is 0 Å². The molecule has 5 heteroatoms. The number of anilines is 1.